The Kier molecular flexibility index (Phi) is 2.94. The zero-order valence-electron chi connectivity index (χ0n) is 8.89. The topological polar surface area (TPSA) is 112 Å². The van der Waals surface area contributed by atoms with Gasteiger partial charge in [0.2, 0.25) is 0 Å². The first-order chi connectivity index (χ1) is 7.29. The van der Waals surface area contributed by atoms with E-state index in [1.54, 1.807) is 0 Å². The van der Waals surface area contributed by atoms with Crippen molar-refractivity contribution in [3.8, 4) is 0 Å². The van der Waals surface area contributed by atoms with Gasteiger partial charge < -0.3 is 15.3 Å². The molecule has 0 aromatic carbocycles. The molecule has 3 N–H and O–H groups in total. The summed E-state index contributed by atoms with van der Waals surface area (Å²) in [5.41, 5.74) is -3.96. The van der Waals surface area contributed by atoms with E-state index in [0.29, 0.717) is 12.8 Å². The van der Waals surface area contributed by atoms with Crippen LogP contribution in [0.2, 0.25) is 0 Å². The van der Waals surface area contributed by atoms with Crippen LogP contribution in [-0.2, 0) is 14.4 Å². The van der Waals surface area contributed by atoms with Crippen LogP contribution in [0.15, 0.2) is 0 Å². The molecule has 6 heteroatoms. The highest BCUT2D eigenvalue weighted by atomic mass is 16.4. The fraction of sp³-hybridized carbons (Fsp3) is 0.700. The molecule has 1 aliphatic rings. The fourth-order valence-corrected chi connectivity index (χ4v) is 2.42. The normalized spacial score (nSPS) is 28.3. The summed E-state index contributed by atoms with van der Waals surface area (Å²) in [5.74, 6) is -4.49. The summed E-state index contributed by atoms with van der Waals surface area (Å²) in [6.07, 6.45) is 0.883. The van der Waals surface area contributed by atoms with Gasteiger partial charge in [0.25, 0.3) is 0 Å². The molecule has 0 aromatic heterocycles. The SMILES string of the molecule is CC1(C(=O)O)CCCCC1(C(=O)O)C(=O)O. The summed E-state index contributed by atoms with van der Waals surface area (Å²) in [7, 11) is 0. The van der Waals surface area contributed by atoms with E-state index in [0.717, 1.165) is 0 Å². The lowest BCUT2D eigenvalue weighted by molar-refractivity contribution is -0.189. The molecule has 0 heterocycles. The Morgan fingerprint density at radius 1 is 0.875 bits per heavy atom. The first-order valence-electron chi connectivity index (χ1n) is 4.99. The van der Waals surface area contributed by atoms with Gasteiger partial charge in [0.1, 0.15) is 0 Å². The summed E-state index contributed by atoms with van der Waals surface area (Å²) in [6, 6.07) is 0. The Balaban J connectivity index is 3.37. The summed E-state index contributed by atoms with van der Waals surface area (Å²) >= 11 is 0. The fourth-order valence-electron chi connectivity index (χ4n) is 2.42. The van der Waals surface area contributed by atoms with Gasteiger partial charge in [0.05, 0.1) is 5.41 Å². The minimum Gasteiger partial charge on any atom is -0.481 e. The van der Waals surface area contributed by atoms with Crippen LogP contribution in [-0.4, -0.2) is 33.2 Å². The van der Waals surface area contributed by atoms with Gasteiger partial charge in [-0.1, -0.05) is 12.8 Å². The van der Waals surface area contributed by atoms with E-state index in [9.17, 15) is 14.4 Å². The molecule has 1 saturated carbocycles. The van der Waals surface area contributed by atoms with Crippen LogP contribution in [0.25, 0.3) is 0 Å². The number of carboxylic acid groups (broad SMARTS) is 3. The monoisotopic (exact) mass is 230 g/mol. The average molecular weight is 230 g/mol. The van der Waals surface area contributed by atoms with Crippen LogP contribution in [0.1, 0.15) is 32.6 Å². The van der Waals surface area contributed by atoms with E-state index >= 15 is 0 Å². The molecule has 0 bridgehead atoms. The molecular formula is C10H14O6. The maximum atomic E-state index is 11.2. The Morgan fingerprint density at radius 2 is 1.31 bits per heavy atom. The maximum absolute atomic E-state index is 11.2. The zero-order chi connectivity index (χ0) is 12.6. The molecule has 0 radical (unpaired) electrons. The first-order valence-corrected chi connectivity index (χ1v) is 4.99. The summed E-state index contributed by atoms with van der Waals surface area (Å²) in [6.45, 7) is 1.21. The highest BCUT2D eigenvalue weighted by Gasteiger charge is 2.64. The predicted octanol–water partition coefficient (Wildman–Crippen LogP) is 0.807. The molecule has 0 spiro atoms. The quantitative estimate of drug-likeness (QED) is 0.618. The number of carbonyl (C=O) groups is 3. The maximum Gasteiger partial charge on any atom is 0.322 e. The zero-order valence-corrected chi connectivity index (χ0v) is 8.89. The Labute approximate surface area is 91.9 Å². The minimum atomic E-state index is -2.21. The van der Waals surface area contributed by atoms with Gasteiger partial charge in [-0.3, -0.25) is 14.4 Å². The van der Waals surface area contributed by atoms with E-state index in [1.165, 1.54) is 6.92 Å². The van der Waals surface area contributed by atoms with Crippen LogP contribution >= 0.6 is 0 Å². The molecule has 1 atom stereocenters. The summed E-state index contributed by atoms with van der Waals surface area (Å²) in [5, 5.41) is 27.3. The van der Waals surface area contributed by atoms with Crippen LogP contribution in [0.4, 0.5) is 0 Å². The van der Waals surface area contributed by atoms with Gasteiger partial charge in [-0.2, -0.15) is 0 Å². The Bertz CT molecular complexity index is 333. The van der Waals surface area contributed by atoms with E-state index in [2.05, 4.69) is 0 Å². The lowest BCUT2D eigenvalue weighted by Gasteiger charge is -2.42. The van der Waals surface area contributed by atoms with Gasteiger partial charge in [0, 0.05) is 0 Å². The van der Waals surface area contributed by atoms with Crippen molar-refractivity contribution in [3.05, 3.63) is 0 Å². The molecular weight excluding hydrogens is 216 g/mol. The van der Waals surface area contributed by atoms with E-state index in [1.807, 2.05) is 0 Å². The number of carboxylic acids is 3. The van der Waals surface area contributed by atoms with Crippen LogP contribution in [0.5, 0.6) is 0 Å². The van der Waals surface area contributed by atoms with Crippen LogP contribution in [0, 0.1) is 10.8 Å². The van der Waals surface area contributed by atoms with Crippen molar-refractivity contribution in [2.75, 3.05) is 0 Å². The van der Waals surface area contributed by atoms with E-state index in [4.69, 9.17) is 15.3 Å². The van der Waals surface area contributed by atoms with Gasteiger partial charge in [0.15, 0.2) is 5.41 Å². The third-order valence-corrected chi connectivity index (χ3v) is 3.62. The van der Waals surface area contributed by atoms with Gasteiger partial charge in [-0.05, 0) is 19.8 Å². The van der Waals surface area contributed by atoms with Gasteiger partial charge in [-0.25, -0.2) is 0 Å². The second kappa shape index (κ2) is 3.77. The molecule has 1 fully saturated rings. The third-order valence-electron chi connectivity index (χ3n) is 3.62. The minimum absolute atomic E-state index is 0.0704. The first kappa shape index (κ1) is 12.5. The molecule has 90 valence electrons. The van der Waals surface area contributed by atoms with Crippen molar-refractivity contribution in [2.45, 2.75) is 32.6 Å². The standard InChI is InChI=1S/C10H14O6/c1-9(6(11)12)4-2-3-5-10(9,7(13)14)8(15)16/h2-5H2,1H3,(H,11,12)(H,13,14)(H,15,16). The van der Waals surface area contributed by atoms with Crippen molar-refractivity contribution in [2.24, 2.45) is 10.8 Å². The largest absolute Gasteiger partial charge is 0.481 e. The van der Waals surface area contributed by atoms with Crippen molar-refractivity contribution in [1.82, 2.24) is 0 Å². The molecule has 16 heavy (non-hydrogen) atoms. The van der Waals surface area contributed by atoms with E-state index in [-0.39, 0.29) is 12.8 Å². The molecule has 0 saturated heterocycles. The molecule has 0 aliphatic heterocycles. The highest BCUT2D eigenvalue weighted by molar-refractivity contribution is 6.04. The molecule has 6 nitrogen and oxygen atoms in total. The molecule has 1 rings (SSSR count). The Morgan fingerprint density at radius 3 is 1.62 bits per heavy atom. The number of rotatable bonds is 3. The summed E-state index contributed by atoms with van der Waals surface area (Å²) < 4.78 is 0. The molecule has 1 aliphatic carbocycles. The second-order valence-corrected chi connectivity index (χ2v) is 4.36. The number of hydrogen-bond donors (Lipinski definition) is 3. The predicted molar refractivity (Wildman–Crippen MR) is 51.9 cm³/mol. The van der Waals surface area contributed by atoms with Crippen molar-refractivity contribution < 1.29 is 29.7 Å². The van der Waals surface area contributed by atoms with E-state index < -0.39 is 28.7 Å². The van der Waals surface area contributed by atoms with Gasteiger partial charge >= 0.3 is 17.9 Å². The third kappa shape index (κ3) is 1.36. The average Bonchev–Trinajstić information content (AvgIpc) is 2.17. The van der Waals surface area contributed by atoms with Crippen molar-refractivity contribution >= 4 is 17.9 Å². The molecule has 0 amide bonds. The smallest absolute Gasteiger partial charge is 0.322 e. The Hall–Kier alpha value is -1.59. The second-order valence-electron chi connectivity index (χ2n) is 4.36. The van der Waals surface area contributed by atoms with Crippen molar-refractivity contribution in [1.29, 1.82) is 0 Å². The molecule has 1 unspecified atom stereocenters. The van der Waals surface area contributed by atoms with Crippen LogP contribution in [0.3, 0.4) is 0 Å². The summed E-state index contributed by atoms with van der Waals surface area (Å²) in [4.78, 5) is 33.6. The van der Waals surface area contributed by atoms with Gasteiger partial charge in [-0.15, -0.1) is 0 Å². The number of aliphatic carboxylic acids is 3. The number of hydrogen-bond acceptors (Lipinski definition) is 3. The van der Waals surface area contributed by atoms with Crippen LogP contribution < -0.4 is 0 Å². The lowest BCUT2D eigenvalue weighted by Crippen LogP contribution is -2.57. The molecule has 0 aromatic rings. The lowest BCUT2D eigenvalue weighted by atomic mass is 9.56. The van der Waals surface area contributed by atoms with Crippen molar-refractivity contribution in [3.63, 3.8) is 0 Å². The highest BCUT2D eigenvalue weighted by Crippen LogP contribution is 2.51.